The topological polar surface area (TPSA) is 70.4 Å². The van der Waals surface area contributed by atoms with Gasteiger partial charge in [-0.05, 0) is 58.7 Å². The molecule has 7 nitrogen and oxygen atoms in total. The van der Waals surface area contributed by atoms with Crippen LogP contribution in [-0.4, -0.2) is 57.8 Å². The first kappa shape index (κ1) is 20.1. The zero-order valence-electron chi connectivity index (χ0n) is 17.2. The van der Waals surface area contributed by atoms with E-state index in [0.717, 1.165) is 30.6 Å². The van der Waals surface area contributed by atoms with Crippen molar-refractivity contribution in [3.05, 3.63) is 11.6 Å². The molecule has 0 spiro atoms. The third-order valence-corrected chi connectivity index (χ3v) is 5.90. The van der Waals surface area contributed by atoms with Gasteiger partial charge in [-0.25, -0.2) is 4.99 Å². The molecular formula is C20H37N7. The maximum atomic E-state index is 4.79. The van der Waals surface area contributed by atoms with E-state index in [0.29, 0.717) is 12.6 Å². The van der Waals surface area contributed by atoms with Crippen LogP contribution in [0.5, 0.6) is 0 Å². The zero-order chi connectivity index (χ0) is 18.9. The average molecular weight is 376 g/mol. The monoisotopic (exact) mass is 375 g/mol. The number of likely N-dealkylation sites (tertiary alicyclic amines) is 1. The maximum absolute atomic E-state index is 4.79. The lowest BCUT2D eigenvalue weighted by Crippen LogP contribution is -2.43. The standard InChI is InChI=1S/C20H37N7/c1-17-24-25-19(26(17)2)16-22-20(23-18-10-5-6-11-18)21-12-9-15-27-13-7-3-4-8-14-27/h18H,3-16H2,1-2H3,(H2,21,22,23). The summed E-state index contributed by atoms with van der Waals surface area (Å²) in [5, 5.41) is 15.5. The summed E-state index contributed by atoms with van der Waals surface area (Å²) >= 11 is 0. The van der Waals surface area contributed by atoms with Crippen LogP contribution in [-0.2, 0) is 13.6 Å². The third kappa shape index (κ3) is 6.48. The lowest BCUT2D eigenvalue weighted by atomic mass is 10.2. The summed E-state index contributed by atoms with van der Waals surface area (Å²) in [5.74, 6) is 2.76. The molecule has 0 radical (unpaired) electrons. The van der Waals surface area contributed by atoms with Crippen LogP contribution in [0.1, 0.15) is 69.4 Å². The quantitative estimate of drug-likeness (QED) is 0.435. The molecule has 152 valence electrons. The fourth-order valence-electron chi connectivity index (χ4n) is 4.02. The van der Waals surface area contributed by atoms with Gasteiger partial charge in [0.1, 0.15) is 12.4 Å². The maximum Gasteiger partial charge on any atom is 0.191 e. The first-order chi connectivity index (χ1) is 13.2. The SMILES string of the molecule is Cc1nnc(CN=C(NCCCN2CCCCCC2)NC2CCCC2)n1C. The Balaban J connectivity index is 1.48. The number of nitrogens with one attached hydrogen (secondary N) is 2. The fourth-order valence-corrected chi connectivity index (χ4v) is 4.02. The number of nitrogens with zero attached hydrogens (tertiary/aromatic N) is 5. The molecule has 0 atom stereocenters. The van der Waals surface area contributed by atoms with E-state index in [2.05, 4.69) is 25.7 Å². The Morgan fingerprint density at radius 1 is 1.07 bits per heavy atom. The number of hydrogen-bond acceptors (Lipinski definition) is 4. The Kier molecular flexibility index (Phi) is 7.93. The van der Waals surface area contributed by atoms with Gasteiger partial charge in [-0.15, -0.1) is 10.2 Å². The summed E-state index contributed by atoms with van der Waals surface area (Å²) in [5.41, 5.74) is 0. The fraction of sp³-hybridized carbons (Fsp3) is 0.850. The van der Waals surface area contributed by atoms with Crippen LogP contribution in [0.2, 0.25) is 0 Å². The van der Waals surface area contributed by atoms with Crippen molar-refractivity contribution < 1.29 is 0 Å². The minimum absolute atomic E-state index is 0.558. The zero-order valence-corrected chi connectivity index (χ0v) is 17.2. The highest BCUT2D eigenvalue weighted by atomic mass is 15.3. The van der Waals surface area contributed by atoms with Crippen LogP contribution in [0.4, 0.5) is 0 Å². The highest BCUT2D eigenvalue weighted by molar-refractivity contribution is 5.80. The Morgan fingerprint density at radius 2 is 1.81 bits per heavy atom. The van der Waals surface area contributed by atoms with Crippen LogP contribution >= 0.6 is 0 Å². The summed E-state index contributed by atoms with van der Waals surface area (Å²) in [4.78, 5) is 7.41. The molecule has 0 unspecified atom stereocenters. The van der Waals surface area contributed by atoms with Gasteiger partial charge >= 0.3 is 0 Å². The van der Waals surface area contributed by atoms with E-state index >= 15 is 0 Å². The van der Waals surface area contributed by atoms with Crippen molar-refractivity contribution in [3.8, 4) is 0 Å². The van der Waals surface area contributed by atoms with Crippen LogP contribution in [0.15, 0.2) is 4.99 Å². The molecule has 0 aromatic carbocycles. The molecule has 1 aromatic rings. The van der Waals surface area contributed by atoms with E-state index in [-0.39, 0.29) is 0 Å². The van der Waals surface area contributed by atoms with Crippen molar-refractivity contribution in [2.75, 3.05) is 26.2 Å². The van der Waals surface area contributed by atoms with Crippen LogP contribution in [0.25, 0.3) is 0 Å². The molecule has 2 N–H and O–H groups in total. The van der Waals surface area contributed by atoms with Crippen molar-refractivity contribution in [1.29, 1.82) is 0 Å². The number of aromatic nitrogens is 3. The molecule has 7 heteroatoms. The lowest BCUT2D eigenvalue weighted by molar-refractivity contribution is 0.282. The molecule has 3 rings (SSSR count). The van der Waals surface area contributed by atoms with Crippen molar-refractivity contribution in [2.24, 2.45) is 12.0 Å². The number of rotatable bonds is 7. The van der Waals surface area contributed by atoms with Gasteiger partial charge in [-0.2, -0.15) is 0 Å². The third-order valence-electron chi connectivity index (χ3n) is 5.90. The second-order valence-corrected chi connectivity index (χ2v) is 8.05. The van der Waals surface area contributed by atoms with Gasteiger partial charge in [-0.3, -0.25) is 0 Å². The summed E-state index contributed by atoms with van der Waals surface area (Å²) in [6, 6.07) is 0.558. The van der Waals surface area contributed by atoms with Crippen LogP contribution < -0.4 is 10.6 Å². The van der Waals surface area contributed by atoms with E-state index in [9.17, 15) is 0 Å². The summed E-state index contributed by atoms with van der Waals surface area (Å²) in [6.45, 7) is 7.23. The Hall–Kier alpha value is -1.63. The number of guanidine groups is 1. The van der Waals surface area contributed by atoms with Gasteiger partial charge < -0.3 is 20.1 Å². The molecule has 2 fully saturated rings. The van der Waals surface area contributed by atoms with Gasteiger partial charge in [0.05, 0.1) is 0 Å². The van der Waals surface area contributed by atoms with E-state index < -0.39 is 0 Å². The van der Waals surface area contributed by atoms with E-state index in [1.165, 1.54) is 71.0 Å². The Bertz CT molecular complexity index is 581. The molecule has 2 heterocycles. The smallest absolute Gasteiger partial charge is 0.191 e. The molecule has 1 saturated heterocycles. The summed E-state index contributed by atoms with van der Waals surface area (Å²) < 4.78 is 2.01. The van der Waals surface area contributed by atoms with Gasteiger partial charge in [0.25, 0.3) is 0 Å². The van der Waals surface area contributed by atoms with Gasteiger partial charge in [0.2, 0.25) is 0 Å². The number of aliphatic imine (C=N–C) groups is 1. The van der Waals surface area contributed by atoms with Crippen molar-refractivity contribution >= 4 is 5.96 Å². The number of hydrogen-bond donors (Lipinski definition) is 2. The molecule has 1 aromatic heterocycles. The normalized spacial score (nSPS) is 20.0. The molecule has 27 heavy (non-hydrogen) atoms. The molecule has 0 amide bonds. The van der Waals surface area contributed by atoms with E-state index in [1.54, 1.807) is 0 Å². The van der Waals surface area contributed by atoms with Crippen molar-refractivity contribution in [1.82, 2.24) is 30.3 Å². The highest BCUT2D eigenvalue weighted by Crippen LogP contribution is 2.17. The number of aryl methyl sites for hydroxylation is 1. The predicted molar refractivity (Wildman–Crippen MR) is 110 cm³/mol. The van der Waals surface area contributed by atoms with Gasteiger partial charge in [0, 0.05) is 19.6 Å². The van der Waals surface area contributed by atoms with E-state index in [4.69, 9.17) is 4.99 Å². The molecule has 1 saturated carbocycles. The average Bonchev–Trinajstić information content (AvgIpc) is 3.20. The molecule has 1 aliphatic heterocycles. The van der Waals surface area contributed by atoms with E-state index in [1.807, 2.05) is 18.5 Å². The second kappa shape index (κ2) is 10.6. The van der Waals surface area contributed by atoms with Crippen LogP contribution in [0.3, 0.4) is 0 Å². The lowest BCUT2D eigenvalue weighted by Gasteiger charge is -2.21. The van der Waals surface area contributed by atoms with Gasteiger partial charge in [-0.1, -0.05) is 25.7 Å². The molecule has 1 aliphatic carbocycles. The Morgan fingerprint density at radius 3 is 2.48 bits per heavy atom. The van der Waals surface area contributed by atoms with Crippen LogP contribution in [0, 0.1) is 6.92 Å². The second-order valence-electron chi connectivity index (χ2n) is 8.05. The largest absolute Gasteiger partial charge is 0.356 e. The van der Waals surface area contributed by atoms with Crippen molar-refractivity contribution in [3.63, 3.8) is 0 Å². The molecule has 0 bridgehead atoms. The van der Waals surface area contributed by atoms with Gasteiger partial charge in [0.15, 0.2) is 11.8 Å². The first-order valence-electron chi connectivity index (χ1n) is 10.8. The first-order valence-corrected chi connectivity index (χ1v) is 10.8. The molecular weight excluding hydrogens is 338 g/mol. The highest BCUT2D eigenvalue weighted by Gasteiger charge is 2.16. The predicted octanol–water partition coefficient (Wildman–Crippen LogP) is 2.37. The minimum Gasteiger partial charge on any atom is -0.356 e. The van der Waals surface area contributed by atoms with Crippen molar-refractivity contribution in [2.45, 2.75) is 77.3 Å². The molecule has 2 aliphatic rings. The Labute approximate surface area is 164 Å². The summed E-state index contributed by atoms with van der Waals surface area (Å²) in [6.07, 6.45) is 11.8. The minimum atomic E-state index is 0.558. The summed E-state index contributed by atoms with van der Waals surface area (Å²) in [7, 11) is 2.00.